The van der Waals surface area contributed by atoms with Crippen molar-refractivity contribution in [2.24, 2.45) is 17.6 Å². The van der Waals surface area contributed by atoms with E-state index in [2.05, 4.69) is 13.8 Å². The van der Waals surface area contributed by atoms with E-state index < -0.39 is 0 Å². The van der Waals surface area contributed by atoms with E-state index in [1.54, 1.807) is 0 Å². The topological polar surface area (TPSA) is 39.2 Å². The van der Waals surface area contributed by atoms with Crippen LogP contribution in [-0.4, -0.2) is 0 Å². The first-order valence-corrected chi connectivity index (χ1v) is 7.36. The van der Waals surface area contributed by atoms with Gasteiger partial charge < -0.3 is 10.2 Å². The zero-order valence-electron chi connectivity index (χ0n) is 12.3. The quantitative estimate of drug-likeness (QED) is 0.861. The minimum atomic E-state index is 0.167. The van der Waals surface area contributed by atoms with Crippen molar-refractivity contribution >= 4 is 0 Å². The standard InChI is InChI=1S/C16H27NO/c1-5-13-6-8-14(9-7-13)16(17)15-10(2)11(3)18-12(15)4/h13-14,16H,5-9,17H2,1-4H3. The Morgan fingerprint density at radius 2 is 1.72 bits per heavy atom. The van der Waals surface area contributed by atoms with Crippen LogP contribution >= 0.6 is 0 Å². The van der Waals surface area contributed by atoms with Crippen LogP contribution in [0.2, 0.25) is 0 Å². The molecule has 1 aromatic rings. The molecule has 1 aliphatic rings. The molecule has 1 aliphatic carbocycles. The third-order valence-corrected chi connectivity index (χ3v) is 4.93. The minimum Gasteiger partial charge on any atom is -0.466 e. The van der Waals surface area contributed by atoms with Gasteiger partial charge >= 0.3 is 0 Å². The fourth-order valence-corrected chi connectivity index (χ4v) is 3.49. The largest absolute Gasteiger partial charge is 0.466 e. The van der Waals surface area contributed by atoms with Crippen LogP contribution in [0.1, 0.15) is 67.7 Å². The van der Waals surface area contributed by atoms with E-state index in [0.717, 1.165) is 17.4 Å². The highest BCUT2D eigenvalue weighted by molar-refractivity contribution is 5.34. The zero-order valence-corrected chi connectivity index (χ0v) is 12.3. The van der Waals surface area contributed by atoms with Gasteiger partial charge in [0.1, 0.15) is 11.5 Å². The summed E-state index contributed by atoms with van der Waals surface area (Å²) in [5.41, 5.74) is 9.04. The van der Waals surface area contributed by atoms with Crippen molar-refractivity contribution in [1.29, 1.82) is 0 Å². The molecule has 2 N–H and O–H groups in total. The van der Waals surface area contributed by atoms with Gasteiger partial charge in [-0.3, -0.25) is 0 Å². The molecule has 1 atom stereocenters. The molecule has 0 saturated heterocycles. The van der Waals surface area contributed by atoms with E-state index >= 15 is 0 Å². The van der Waals surface area contributed by atoms with E-state index in [-0.39, 0.29) is 6.04 Å². The summed E-state index contributed by atoms with van der Waals surface area (Å²) in [6.45, 7) is 8.52. The molecule has 1 heterocycles. The number of hydrogen-bond acceptors (Lipinski definition) is 2. The summed E-state index contributed by atoms with van der Waals surface area (Å²) in [6, 6.07) is 0.167. The van der Waals surface area contributed by atoms with Crippen LogP contribution < -0.4 is 5.73 Å². The van der Waals surface area contributed by atoms with E-state index in [4.69, 9.17) is 10.2 Å². The minimum absolute atomic E-state index is 0.167. The van der Waals surface area contributed by atoms with Crippen molar-refractivity contribution in [3.8, 4) is 0 Å². The summed E-state index contributed by atoms with van der Waals surface area (Å²) >= 11 is 0. The molecule has 2 heteroatoms. The van der Waals surface area contributed by atoms with Crippen LogP contribution in [0.15, 0.2) is 4.42 Å². The molecule has 1 unspecified atom stereocenters. The Hall–Kier alpha value is -0.760. The lowest BCUT2D eigenvalue weighted by Gasteiger charge is -2.32. The van der Waals surface area contributed by atoms with Crippen molar-refractivity contribution in [1.82, 2.24) is 0 Å². The second-order valence-electron chi connectivity index (χ2n) is 5.97. The van der Waals surface area contributed by atoms with Crippen LogP contribution in [0, 0.1) is 32.6 Å². The lowest BCUT2D eigenvalue weighted by atomic mass is 9.76. The summed E-state index contributed by atoms with van der Waals surface area (Å²) in [5.74, 6) is 3.62. The Bertz CT molecular complexity index is 399. The summed E-state index contributed by atoms with van der Waals surface area (Å²) < 4.78 is 5.72. The Kier molecular flexibility index (Phi) is 4.16. The maximum absolute atomic E-state index is 6.51. The average molecular weight is 249 g/mol. The molecule has 0 radical (unpaired) electrons. The summed E-state index contributed by atoms with van der Waals surface area (Å²) in [4.78, 5) is 0. The van der Waals surface area contributed by atoms with E-state index in [0.29, 0.717) is 5.92 Å². The molecule has 1 aromatic heterocycles. The van der Waals surface area contributed by atoms with Crippen molar-refractivity contribution in [3.05, 3.63) is 22.6 Å². The van der Waals surface area contributed by atoms with Gasteiger partial charge in [-0.25, -0.2) is 0 Å². The highest BCUT2D eigenvalue weighted by Gasteiger charge is 2.29. The molecule has 1 fully saturated rings. The Labute approximate surface area is 111 Å². The van der Waals surface area contributed by atoms with Crippen LogP contribution in [-0.2, 0) is 0 Å². The fraction of sp³-hybridized carbons (Fsp3) is 0.750. The highest BCUT2D eigenvalue weighted by atomic mass is 16.3. The Morgan fingerprint density at radius 3 is 2.17 bits per heavy atom. The molecule has 102 valence electrons. The SMILES string of the molecule is CCC1CCC(C(N)c2c(C)oc(C)c2C)CC1. The second kappa shape index (κ2) is 5.48. The predicted molar refractivity (Wildman–Crippen MR) is 75.6 cm³/mol. The molecule has 0 aromatic carbocycles. The van der Waals surface area contributed by atoms with Gasteiger partial charge in [0, 0.05) is 11.6 Å². The number of nitrogens with two attached hydrogens (primary N) is 1. The van der Waals surface area contributed by atoms with E-state index in [1.165, 1.54) is 43.2 Å². The molecule has 0 spiro atoms. The molecule has 18 heavy (non-hydrogen) atoms. The number of furan rings is 1. The maximum atomic E-state index is 6.51. The van der Waals surface area contributed by atoms with Gasteiger partial charge in [0.2, 0.25) is 0 Å². The van der Waals surface area contributed by atoms with Gasteiger partial charge in [0.15, 0.2) is 0 Å². The summed E-state index contributed by atoms with van der Waals surface area (Å²) in [6.07, 6.45) is 6.59. The Morgan fingerprint density at radius 1 is 1.11 bits per heavy atom. The normalized spacial score (nSPS) is 26.3. The predicted octanol–water partition coefficient (Wildman–Crippen LogP) is 4.42. The van der Waals surface area contributed by atoms with Crippen molar-refractivity contribution in [2.45, 2.75) is 65.8 Å². The highest BCUT2D eigenvalue weighted by Crippen LogP contribution is 2.39. The second-order valence-corrected chi connectivity index (χ2v) is 5.97. The molecular formula is C16H27NO. The molecule has 2 rings (SSSR count). The maximum Gasteiger partial charge on any atom is 0.106 e. The van der Waals surface area contributed by atoms with Crippen LogP contribution in [0.3, 0.4) is 0 Å². The number of hydrogen-bond donors (Lipinski definition) is 1. The molecule has 1 saturated carbocycles. The first kappa shape index (κ1) is 13.7. The van der Waals surface area contributed by atoms with Gasteiger partial charge in [-0.15, -0.1) is 0 Å². The molecular weight excluding hydrogens is 222 g/mol. The van der Waals surface area contributed by atoms with Crippen molar-refractivity contribution in [3.63, 3.8) is 0 Å². The third-order valence-electron chi connectivity index (χ3n) is 4.93. The molecule has 2 nitrogen and oxygen atoms in total. The van der Waals surface area contributed by atoms with E-state index in [9.17, 15) is 0 Å². The molecule has 0 aliphatic heterocycles. The number of rotatable bonds is 3. The summed E-state index contributed by atoms with van der Waals surface area (Å²) in [5, 5.41) is 0. The Balaban J connectivity index is 2.10. The van der Waals surface area contributed by atoms with Crippen molar-refractivity contribution in [2.75, 3.05) is 0 Å². The lowest BCUT2D eigenvalue weighted by molar-refractivity contribution is 0.238. The van der Waals surface area contributed by atoms with Crippen LogP contribution in [0.5, 0.6) is 0 Å². The monoisotopic (exact) mass is 249 g/mol. The van der Waals surface area contributed by atoms with Crippen LogP contribution in [0.4, 0.5) is 0 Å². The molecule has 0 bridgehead atoms. The van der Waals surface area contributed by atoms with Crippen molar-refractivity contribution < 1.29 is 4.42 Å². The zero-order chi connectivity index (χ0) is 13.3. The number of aryl methyl sites for hydroxylation is 2. The van der Waals surface area contributed by atoms with Crippen LogP contribution in [0.25, 0.3) is 0 Å². The van der Waals surface area contributed by atoms with Gasteiger partial charge in [-0.05, 0) is 51.0 Å². The smallest absolute Gasteiger partial charge is 0.106 e. The van der Waals surface area contributed by atoms with Gasteiger partial charge in [-0.2, -0.15) is 0 Å². The summed E-state index contributed by atoms with van der Waals surface area (Å²) in [7, 11) is 0. The third kappa shape index (κ3) is 2.49. The van der Waals surface area contributed by atoms with Gasteiger partial charge in [0.05, 0.1) is 0 Å². The average Bonchev–Trinajstić information content (AvgIpc) is 2.63. The lowest BCUT2D eigenvalue weighted by Crippen LogP contribution is -2.26. The van der Waals surface area contributed by atoms with Gasteiger partial charge in [0.25, 0.3) is 0 Å². The van der Waals surface area contributed by atoms with Gasteiger partial charge in [-0.1, -0.05) is 26.2 Å². The first-order chi connectivity index (χ1) is 8.54. The fourth-order valence-electron chi connectivity index (χ4n) is 3.49. The van der Waals surface area contributed by atoms with E-state index in [1.807, 2.05) is 13.8 Å². The molecule has 0 amide bonds. The first-order valence-electron chi connectivity index (χ1n) is 7.36.